The van der Waals surface area contributed by atoms with Gasteiger partial charge >= 0.3 is 0 Å². The van der Waals surface area contributed by atoms with Gasteiger partial charge in [0.15, 0.2) is 0 Å². The van der Waals surface area contributed by atoms with Crippen molar-refractivity contribution >= 4 is 11.6 Å². The van der Waals surface area contributed by atoms with Crippen LogP contribution in [-0.4, -0.2) is 15.7 Å². The van der Waals surface area contributed by atoms with Crippen LogP contribution >= 0.6 is 0 Å². The van der Waals surface area contributed by atoms with Crippen LogP contribution in [0.15, 0.2) is 97.3 Å². The van der Waals surface area contributed by atoms with Crippen molar-refractivity contribution < 1.29 is 4.79 Å². The topological polar surface area (TPSA) is 46.9 Å². The fourth-order valence-electron chi connectivity index (χ4n) is 2.84. The van der Waals surface area contributed by atoms with Gasteiger partial charge in [0, 0.05) is 29.2 Å². The third-order valence-electron chi connectivity index (χ3n) is 4.16. The molecule has 4 aromatic rings. The SMILES string of the molecule is O=C(Nc1ccccc1-c1ccccc1)c1ccc(-n2cccn2)cc1. The number of benzene rings is 3. The molecular formula is C22H17N3O. The number of nitrogens with zero attached hydrogens (tertiary/aromatic N) is 2. The highest BCUT2D eigenvalue weighted by Crippen LogP contribution is 2.28. The summed E-state index contributed by atoms with van der Waals surface area (Å²) in [5.74, 6) is -0.139. The molecule has 1 heterocycles. The zero-order chi connectivity index (χ0) is 17.8. The molecule has 4 heteroatoms. The maximum Gasteiger partial charge on any atom is 0.255 e. The van der Waals surface area contributed by atoms with Crippen LogP contribution < -0.4 is 5.32 Å². The molecule has 0 saturated heterocycles. The van der Waals surface area contributed by atoms with Crippen molar-refractivity contribution in [3.8, 4) is 16.8 Å². The number of nitrogens with one attached hydrogen (secondary N) is 1. The van der Waals surface area contributed by atoms with Crippen LogP contribution in [0.5, 0.6) is 0 Å². The summed E-state index contributed by atoms with van der Waals surface area (Å²) in [6.07, 6.45) is 3.59. The summed E-state index contributed by atoms with van der Waals surface area (Å²) < 4.78 is 1.76. The molecule has 0 spiro atoms. The summed E-state index contributed by atoms with van der Waals surface area (Å²) >= 11 is 0. The van der Waals surface area contributed by atoms with Crippen LogP contribution in [0, 0.1) is 0 Å². The normalized spacial score (nSPS) is 10.5. The molecule has 0 aliphatic carbocycles. The van der Waals surface area contributed by atoms with Crippen molar-refractivity contribution in [3.63, 3.8) is 0 Å². The van der Waals surface area contributed by atoms with Crippen LogP contribution in [0.25, 0.3) is 16.8 Å². The van der Waals surface area contributed by atoms with E-state index in [9.17, 15) is 4.79 Å². The Bertz CT molecular complexity index is 1010. The Labute approximate surface area is 151 Å². The first kappa shape index (κ1) is 15.8. The second-order valence-electron chi connectivity index (χ2n) is 5.86. The lowest BCUT2D eigenvalue weighted by molar-refractivity contribution is 0.102. The van der Waals surface area contributed by atoms with E-state index in [-0.39, 0.29) is 5.91 Å². The molecule has 0 aliphatic heterocycles. The quantitative estimate of drug-likeness (QED) is 0.581. The van der Waals surface area contributed by atoms with Crippen LogP contribution in [0.4, 0.5) is 5.69 Å². The predicted octanol–water partition coefficient (Wildman–Crippen LogP) is 4.79. The second kappa shape index (κ2) is 7.07. The summed E-state index contributed by atoms with van der Waals surface area (Å²) in [5.41, 5.74) is 4.37. The van der Waals surface area contributed by atoms with Gasteiger partial charge in [-0.05, 0) is 42.0 Å². The molecule has 0 fully saturated rings. The van der Waals surface area contributed by atoms with E-state index in [0.717, 1.165) is 22.5 Å². The third kappa shape index (κ3) is 3.26. The van der Waals surface area contributed by atoms with E-state index in [1.54, 1.807) is 23.0 Å². The maximum absolute atomic E-state index is 12.7. The van der Waals surface area contributed by atoms with Crippen molar-refractivity contribution in [3.05, 3.63) is 103 Å². The van der Waals surface area contributed by atoms with Gasteiger partial charge in [0.05, 0.1) is 5.69 Å². The van der Waals surface area contributed by atoms with Crippen molar-refractivity contribution in [2.24, 2.45) is 0 Å². The van der Waals surface area contributed by atoms with Gasteiger partial charge in [-0.2, -0.15) is 5.10 Å². The number of rotatable bonds is 4. The van der Waals surface area contributed by atoms with E-state index in [1.165, 1.54) is 0 Å². The Kier molecular flexibility index (Phi) is 4.31. The standard InChI is InChI=1S/C22H17N3O/c26-22(18-11-13-19(14-12-18)25-16-6-15-23-25)24-21-10-5-4-9-20(21)17-7-2-1-3-8-17/h1-16H,(H,24,26). The van der Waals surface area contributed by atoms with Gasteiger partial charge in [0.25, 0.3) is 5.91 Å². The number of carbonyl (C=O) groups excluding carboxylic acids is 1. The molecule has 1 N–H and O–H groups in total. The lowest BCUT2D eigenvalue weighted by atomic mass is 10.0. The minimum atomic E-state index is -0.139. The van der Waals surface area contributed by atoms with E-state index in [0.29, 0.717) is 5.56 Å². The van der Waals surface area contributed by atoms with Crippen LogP contribution in [-0.2, 0) is 0 Å². The molecule has 126 valence electrons. The second-order valence-corrected chi connectivity index (χ2v) is 5.86. The molecule has 4 rings (SSSR count). The van der Waals surface area contributed by atoms with Gasteiger partial charge in [-0.15, -0.1) is 0 Å². The molecule has 0 unspecified atom stereocenters. The van der Waals surface area contributed by atoms with Crippen molar-refractivity contribution in [2.45, 2.75) is 0 Å². The Balaban J connectivity index is 1.57. The highest BCUT2D eigenvalue weighted by atomic mass is 16.1. The summed E-state index contributed by atoms with van der Waals surface area (Å²) in [4.78, 5) is 12.7. The van der Waals surface area contributed by atoms with E-state index < -0.39 is 0 Å². The van der Waals surface area contributed by atoms with E-state index in [4.69, 9.17) is 0 Å². The summed E-state index contributed by atoms with van der Waals surface area (Å²) in [6.45, 7) is 0. The average molecular weight is 339 g/mol. The first-order valence-electron chi connectivity index (χ1n) is 8.37. The number of amides is 1. The van der Waals surface area contributed by atoms with Gasteiger partial charge in [0.2, 0.25) is 0 Å². The van der Waals surface area contributed by atoms with Crippen LogP contribution in [0.1, 0.15) is 10.4 Å². The summed E-state index contributed by atoms with van der Waals surface area (Å²) in [5, 5.41) is 7.21. The summed E-state index contributed by atoms with van der Waals surface area (Å²) in [6, 6.07) is 27.1. The fourth-order valence-corrected chi connectivity index (χ4v) is 2.84. The van der Waals surface area contributed by atoms with Gasteiger partial charge in [0.1, 0.15) is 0 Å². The van der Waals surface area contributed by atoms with Crippen molar-refractivity contribution in [1.82, 2.24) is 9.78 Å². The molecule has 0 radical (unpaired) electrons. The molecule has 0 atom stereocenters. The largest absolute Gasteiger partial charge is 0.321 e. The zero-order valence-corrected chi connectivity index (χ0v) is 14.0. The molecule has 26 heavy (non-hydrogen) atoms. The molecule has 0 aliphatic rings. The number of aromatic nitrogens is 2. The van der Waals surface area contributed by atoms with E-state index in [2.05, 4.69) is 10.4 Å². The lowest BCUT2D eigenvalue weighted by Crippen LogP contribution is -2.12. The predicted molar refractivity (Wildman–Crippen MR) is 103 cm³/mol. The van der Waals surface area contributed by atoms with Crippen LogP contribution in [0.3, 0.4) is 0 Å². The molecule has 1 aromatic heterocycles. The Morgan fingerprint density at radius 1 is 0.808 bits per heavy atom. The zero-order valence-electron chi connectivity index (χ0n) is 14.0. The maximum atomic E-state index is 12.7. The first-order chi connectivity index (χ1) is 12.8. The Morgan fingerprint density at radius 3 is 2.27 bits per heavy atom. The number of hydrogen-bond acceptors (Lipinski definition) is 2. The van der Waals surface area contributed by atoms with Gasteiger partial charge in [-0.1, -0.05) is 48.5 Å². The highest BCUT2D eigenvalue weighted by Gasteiger charge is 2.10. The number of anilines is 1. The molecule has 0 saturated carbocycles. The molecular weight excluding hydrogens is 322 g/mol. The fraction of sp³-hybridized carbons (Fsp3) is 0. The average Bonchev–Trinajstić information content (AvgIpc) is 3.24. The molecule has 0 bridgehead atoms. The molecule has 4 nitrogen and oxygen atoms in total. The number of para-hydroxylation sites is 1. The number of carbonyl (C=O) groups is 1. The van der Waals surface area contributed by atoms with E-state index in [1.807, 2.05) is 79.0 Å². The van der Waals surface area contributed by atoms with Gasteiger partial charge < -0.3 is 5.32 Å². The minimum absolute atomic E-state index is 0.139. The molecule has 1 amide bonds. The third-order valence-corrected chi connectivity index (χ3v) is 4.16. The van der Waals surface area contributed by atoms with E-state index >= 15 is 0 Å². The smallest absolute Gasteiger partial charge is 0.255 e. The van der Waals surface area contributed by atoms with Crippen molar-refractivity contribution in [2.75, 3.05) is 5.32 Å². The van der Waals surface area contributed by atoms with Gasteiger partial charge in [-0.3, -0.25) is 4.79 Å². The minimum Gasteiger partial charge on any atom is -0.321 e. The highest BCUT2D eigenvalue weighted by molar-refractivity contribution is 6.06. The Hall–Kier alpha value is -3.66. The summed E-state index contributed by atoms with van der Waals surface area (Å²) in [7, 11) is 0. The van der Waals surface area contributed by atoms with Crippen LogP contribution in [0.2, 0.25) is 0 Å². The monoisotopic (exact) mass is 339 g/mol. The number of hydrogen-bond donors (Lipinski definition) is 1. The lowest BCUT2D eigenvalue weighted by Gasteiger charge is -2.11. The molecule has 3 aromatic carbocycles. The van der Waals surface area contributed by atoms with Crippen molar-refractivity contribution in [1.29, 1.82) is 0 Å². The first-order valence-corrected chi connectivity index (χ1v) is 8.37. The Morgan fingerprint density at radius 2 is 1.54 bits per heavy atom. The van der Waals surface area contributed by atoms with Gasteiger partial charge in [-0.25, -0.2) is 4.68 Å².